The van der Waals surface area contributed by atoms with Crippen molar-refractivity contribution in [3.8, 4) is 0 Å². The number of hydrogen-bond acceptors (Lipinski definition) is 0. The van der Waals surface area contributed by atoms with Crippen LogP contribution in [0.4, 0.5) is 0 Å². The molecule has 0 unspecified atom stereocenters. The molecule has 0 bridgehead atoms. The Kier molecular flexibility index (Phi) is 175. The van der Waals surface area contributed by atoms with Crippen molar-refractivity contribution in [3.63, 3.8) is 0 Å². The molecule has 0 nitrogen and oxygen atoms in total. The number of hydrogen-bond donors (Lipinski definition) is 0. The number of rotatable bonds is 0. The second kappa shape index (κ2) is 24.4. The largest absolute Gasteiger partial charge is 0 e. The molecule has 0 amide bonds. The van der Waals surface area contributed by atoms with E-state index in [1.54, 1.807) is 0 Å². The van der Waals surface area contributed by atoms with Gasteiger partial charge >= 0.3 is 102 Å². The Hall–Kier alpha value is 4.05. The first-order valence-electron chi connectivity index (χ1n) is 0. The molecule has 5 heteroatoms. The van der Waals surface area contributed by atoms with Gasteiger partial charge in [-0.15, -0.1) is 0 Å². The minimum absolute atomic E-state index is 0. The summed E-state index contributed by atoms with van der Waals surface area (Å²) in [7, 11) is 0. The molecular weight excluding hydrogens is 722 g/mol. The fourth-order valence-electron chi connectivity index (χ4n) is 0. The normalized spacial score (nSPS) is 0. The fourth-order valence-corrected chi connectivity index (χ4v) is 0. The van der Waals surface area contributed by atoms with E-state index in [0.717, 1.165) is 0 Å². The summed E-state index contributed by atoms with van der Waals surface area (Å²) < 4.78 is 0. The quantitative estimate of drug-likeness (QED) is 0.226. The molecule has 0 spiro atoms. The van der Waals surface area contributed by atoms with Gasteiger partial charge in [-0.2, -0.15) is 0 Å². The predicted molar refractivity (Wildman–Crippen MR) is 34.2 cm³/mol. The molecule has 0 aromatic rings. The first-order chi connectivity index (χ1) is 0. The first kappa shape index (κ1) is 35.8. The van der Waals surface area contributed by atoms with E-state index in [1.807, 2.05) is 0 Å². The summed E-state index contributed by atoms with van der Waals surface area (Å²) in [6.45, 7) is 0. The van der Waals surface area contributed by atoms with Crippen LogP contribution in [0.5, 0.6) is 0 Å². The molecule has 0 heterocycles. The van der Waals surface area contributed by atoms with Gasteiger partial charge in [-0.05, 0) is 0 Å². The summed E-state index contributed by atoms with van der Waals surface area (Å²) in [6.07, 6.45) is 0. The molecule has 0 N–H and O–H groups in total. The molecule has 0 fully saturated rings. The fraction of sp³-hybridized carbons (Fsp3) is 0. The van der Waals surface area contributed by atoms with Crippen molar-refractivity contribution >= 4 is 102 Å². The first-order valence-corrected chi connectivity index (χ1v) is 0. The van der Waals surface area contributed by atoms with Crippen molar-refractivity contribution in [2.75, 3.05) is 0 Å². The standard InChI is InChI=1S/Bi.Pb.Sb.Sn.Zn.8H. The van der Waals surface area contributed by atoms with Gasteiger partial charge in [0.15, 0.2) is 0 Å². The Morgan fingerprint density at radius 3 is 1.00 bits per heavy atom. The minimum Gasteiger partial charge on any atom is 0 e. The van der Waals surface area contributed by atoms with Crippen molar-refractivity contribution in [1.82, 2.24) is 0 Å². The third-order valence-electron chi connectivity index (χ3n) is 0. The zero-order valence-electron chi connectivity index (χ0n) is 3.28. The van der Waals surface area contributed by atoms with E-state index in [0.29, 0.717) is 0 Å². The van der Waals surface area contributed by atoms with E-state index in [1.165, 1.54) is 0 Å². The van der Waals surface area contributed by atoms with Crippen LogP contribution in [0.15, 0.2) is 0 Å². The minimum atomic E-state index is 0. The SMILES string of the molecule is [BiH2].[PbH2].[SbH2].[SnH2].[Zn]. The Morgan fingerprint density at radius 2 is 1.00 bits per heavy atom. The van der Waals surface area contributed by atoms with Crippen LogP contribution in [0.3, 0.4) is 0 Å². The van der Waals surface area contributed by atoms with Gasteiger partial charge in [-0.3, -0.25) is 0 Å². The summed E-state index contributed by atoms with van der Waals surface area (Å²) in [5.74, 6) is 0. The molecule has 28 valence electrons. The van der Waals surface area contributed by atoms with Gasteiger partial charge < -0.3 is 0 Å². The summed E-state index contributed by atoms with van der Waals surface area (Å²) in [5, 5.41) is 0. The van der Waals surface area contributed by atoms with E-state index in [9.17, 15) is 0 Å². The van der Waals surface area contributed by atoms with E-state index in [4.69, 9.17) is 0 Å². The van der Waals surface area contributed by atoms with Gasteiger partial charge in [0.05, 0.1) is 0 Å². The zero-order chi connectivity index (χ0) is 0. The molecular formula is H8BiPbSbSnZn. The maximum atomic E-state index is 0. The maximum absolute atomic E-state index is 0. The predicted octanol–water partition coefficient (Wildman–Crippen LogP) is -3.67. The summed E-state index contributed by atoms with van der Waals surface area (Å²) in [5.41, 5.74) is 0. The Bertz CT molecular complexity index is 11.6. The van der Waals surface area contributed by atoms with Crippen LogP contribution >= 0.6 is 0 Å². The summed E-state index contributed by atoms with van der Waals surface area (Å²) in [6, 6.07) is 0. The van der Waals surface area contributed by atoms with E-state index < -0.39 is 0 Å². The van der Waals surface area contributed by atoms with Crippen molar-refractivity contribution < 1.29 is 19.5 Å². The van der Waals surface area contributed by atoms with Crippen molar-refractivity contribution in [2.24, 2.45) is 0 Å². The van der Waals surface area contributed by atoms with Crippen LogP contribution in [-0.2, 0) is 19.5 Å². The molecule has 0 aromatic carbocycles. The smallest absolute Gasteiger partial charge is 0 e. The van der Waals surface area contributed by atoms with Gasteiger partial charge in [0.25, 0.3) is 0 Å². The summed E-state index contributed by atoms with van der Waals surface area (Å²) >= 11 is 0. The molecule has 0 aromatic heterocycles. The Labute approximate surface area is 118 Å². The third-order valence-corrected chi connectivity index (χ3v) is 0. The van der Waals surface area contributed by atoms with Crippen LogP contribution in [-0.4, -0.2) is 102 Å². The van der Waals surface area contributed by atoms with E-state index in [2.05, 4.69) is 0 Å². The molecule has 0 aliphatic carbocycles. The topological polar surface area (TPSA) is 0 Å². The van der Waals surface area contributed by atoms with Crippen LogP contribution in [0.25, 0.3) is 0 Å². The average molecular weight is 730 g/mol. The molecule has 6 radical (unpaired) electrons. The molecule has 5 heavy (non-hydrogen) atoms. The molecule has 0 rings (SSSR count). The second-order valence-electron chi connectivity index (χ2n) is 0. The molecule has 0 atom stereocenters. The van der Waals surface area contributed by atoms with E-state index in [-0.39, 0.29) is 121 Å². The van der Waals surface area contributed by atoms with Gasteiger partial charge in [-0.25, -0.2) is 0 Å². The van der Waals surface area contributed by atoms with Crippen LogP contribution in [0.1, 0.15) is 0 Å². The Balaban J connectivity index is 0. The monoisotopic (exact) mass is 730 g/mol. The summed E-state index contributed by atoms with van der Waals surface area (Å²) in [4.78, 5) is 0. The van der Waals surface area contributed by atoms with Gasteiger partial charge in [-0.1, -0.05) is 0 Å². The molecule has 0 saturated carbocycles. The van der Waals surface area contributed by atoms with Crippen molar-refractivity contribution in [2.45, 2.75) is 0 Å². The third kappa shape index (κ3) is 18.0. The molecule has 0 aliphatic heterocycles. The van der Waals surface area contributed by atoms with E-state index >= 15 is 0 Å². The van der Waals surface area contributed by atoms with Crippen molar-refractivity contribution in [1.29, 1.82) is 0 Å². The maximum Gasteiger partial charge on any atom is 0 e. The Morgan fingerprint density at radius 1 is 1.00 bits per heavy atom. The van der Waals surface area contributed by atoms with Gasteiger partial charge in [0, 0.05) is 19.5 Å². The van der Waals surface area contributed by atoms with Crippen LogP contribution in [0.2, 0.25) is 0 Å². The average Bonchev–Trinajstić information content (AvgIpc) is 0. The van der Waals surface area contributed by atoms with Crippen LogP contribution < -0.4 is 0 Å². The van der Waals surface area contributed by atoms with Crippen molar-refractivity contribution in [3.05, 3.63) is 0 Å². The van der Waals surface area contributed by atoms with Crippen LogP contribution in [0, 0.1) is 0 Å². The zero-order valence-corrected chi connectivity index (χ0v) is 23.6. The van der Waals surface area contributed by atoms with Gasteiger partial charge in [0.1, 0.15) is 0 Å². The second-order valence-corrected chi connectivity index (χ2v) is 0. The molecule has 0 aliphatic rings. The van der Waals surface area contributed by atoms with Gasteiger partial charge in [0.2, 0.25) is 0 Å². The molecule has 0 saturated heterocycles.